The number of benzene rings is 2. The molecule has 1 N–H and O–H groups in total. The number of hydrogen-bond donors (Lipinski definition) is 1. The van der Waals surface area contributed by atoms with Crippen LogP contribution in [0.2, 0.25) is 10.0 Å². The van der Waals surface area contributed by atoms with Crippen LogP contribution in [0.1, 0.15) is 10.4 Å². The van der Waals surface area contributed by atoms with E-state index in [9.17, 15) is 4.79 Å². The summed E-state index contributed by atoms with van der Waals surface area (Å²) >= 11 is 13.4. The smallest absolute Gasteiger partial charge is 0.175 e. The van der Waals surface area contributed by atoms with Crippen LogP contribution in [0.4, 0.5) is 0 Å². The number of thioether (sulfide) groups is 1. The van der Waals surface area contributed by atoms with Crippen molar-refractivity contribution in [2.75, 3.05) is 5.75 Å². The van der Waals surface area contributed by atoms with E-state index in [1.807, 2.05) is 42.1 Å². The van der Waals surface area contributed by atoms with Gasteiger partial charge in [-0.25, -0.2) is 4.98 Å². The van der Waals surface area contributed by atoms with Gasteiger partial charge in [0.15, 0.2) is 10.9 Å². The first-order chi connectivity index (χ1) is 12.0. The number of carbonyl (C=O) groups is 1. The molecule has 4 aromatic rings. The molecule has 0 aliphatic heterocycles. The summed E-state index contributed by atoms with van der Waals surface area (Å²) in [6.45, 7) is 0. The van der Waals surface area contributed by atoms with Gasteiger partial charge in [-0.2, -0.15) is 0 Å². The average Bonchev–Trinajstić information content (AvgIpc) is 3.13. The van der Waals surface area contributed by atoms with Crippen molar-refractivity contribution in [2.45, 2.75) is 5.16 Å². The van der Waals surface area contributed by atoms with Gasteiger partial charge in [0.2, 0.25) is 0 Å². The highest BCUT2D eigenvalue weighted by Gasteiger charge is 2.15. The summed E-state index contributed by atoms with van der Waals surface area (Å²) in [5, 5.41) is 2.91. The van der Waals surface area contributed by atoms with Gasteiger partial charge in [-0.1, -0.05) is 41.0 Å². The maximum atomic E-state index is 12.7. The highest BCUT2D eigenvalue weighted by molar-refractivity contribution is 7.99. The van der Waals surface area contributed by atoms with Crippen LogP contribution in [0.25, 0.3) is 21.9 Å². The molecule has 4 nitrogen and oxygen atoms in total. The van der Waals surface area contributed by atoms with E-state index < -0.39 is 0 Å². The van der Waals surface area contributed by atoms with Crippen LogP contribution in [0.5, 0.6) is 0 Å². The predicted octanol–water partition coefficient (Wildman–Crippen LogP) is 5.34. The van der Waals surface area contributed by atoms with Gasteiger partial charge in [0.05, 0.1) is 16.8 Å². The second kappa shape index (κ2) is 6.41. The number of imidazole rings is 1. The van der Waals surface area contributed by atoms with Crippen LogP contribution < -0.4 is 0 Å². The van der Waals surface area contributed by atoms with Crippen molar-refractivity contribution in [3.8, 4) is 0 Å². The molecule has 126 valence electrons. The van der Waals surface area contributed by atoms with E-state index in [0.29, 0.717) is 26.5 Å². The molecule has 0 bridgehead atoms. The lowest BCUT2D eigenvalue weighted by atomic mass is 10.1. The Bertz CT molecular complexity index is 1120. The number of Topliss-reactive ketones (excluding diaryl/α,β-unsaturated/α-hetero) is 1. The summed E-state index contributed by atoms with van der Waals surface area (Å²) in [6, 6.07) is 11.0. The first-order valence-electron chi connectivity index (χ1n) is 7.57. The Morgan fingerprint density at radius 3 is 2.80 bits per heavy atom. The van der Waals surface area contributed by atoms with Crippen molar-refractivity contribution in [3.05, 3.63) is 58.2 Å². The SMILES string of the molecule is Cn1cc(C(=O)CSc2nc3cc(Cl)ccc3[nH]2)c2ccc(Cl)cc21. The molecule has 2 heterocycles. The Morgan fingerprint density at radius 1 is 1.20 bits per heavy atom. The van der Waals surface area contributed by atoms with Crippen LogP contribution in [-0.2, 0) is 7.05 Å². The average molecular weight is 390 g/mol. The largest absolute Gasteiger partial charge is 0.350 e. The minimum absolute atomic E-state index is 0.0522. The van der Waals surface area contributed by atoms with Gasteiger partial charge in [-0.15, -0.1) is 0 Å². The van der Waals surface area contributed by atoms with E-state index in [1.165, 1.54) is 11.8 Å². The molecule has 0 spiro atoms. The van der Waals surface area contributed by atoms with E-state index in [2.05, 4.69) is 9.97 Å². The third-order valence-electron chi connectivity index (χ3n) is 4.02. The molecule has 0 aliphatic carbocycles. The van der Waals surface area contributed by atoms with Crippen LogP contribution in [0, 0.1) is 0 Å². The molecule has 0 fully saturated rings. The molecule has 7 heteroatoms. The van der Waals surface area contributed by atoms with Gasteiger partial charge in [0.25, 0.3) is 0 Å². The monoisotopic (exact) mass is 389 g/mol. The lowest BCUT2D eigenvalue weighted by Crippen LogP contribution is -2.01. The number of aromatic amines is 1. The van der Waals surface area contributed by atoms with Crippen LogP contribution in [0.3, 0.4) is 0 Å². The number of carbonyl (C=O) groups excluding carboxylic acids is 1. The quantitative estimate of drug-likeness (QED) is 0.378. The van der Waals surface area contributed by atoms with Crippen LogP contribution in [-0.4, -0.2) is 26.1 Å². The van der Waals surface area contributed by atoms with E-state index >= 15 is 0 Å². The minimum Gasteiger partial charge on any atom is -0.350 e. The molecular formula is C18H13Cl2N3OS. The Balaban J connectivity index is 1.57. The molecule has 0 saturated heterocycles. The summed E-state index contributed by atoms with van der Waals surface area (Å²) in [6.07, 6.45) is 1.85. The van der Waals surface area contributed by atoms with E-state index in [0.717, 1.165) is 21.9 Å². The van der Waals surface area contributed by atoms with E-state index in [1.54, 1.807) is 12.1 Å². The van der Waals surface area contributed by atoms with E-state index in [-0.39, 0.29) is 5.78 Å². The maximum Gasteiger partial charge on any atom is 0.175 e. The highest BCUT2D eigenvalue weighted by Crippen LogP contribution is 2.27. The molecule has 0 unspecified atom stereocenters. The van der Waals surface area contributed by atoms with Crippen molar-refractivity contribution in [1.29, 1.82) is 0 Å². The van der Waals surface area contributed by atoms with Gasteiger partial charge in [0, 0.05) is 39.8 Å². The third kappa shape index (κ3) is 3.15. The number of aromatic nitrogens is 3. The summed E-state index contributed by atoms with van der Waals surface area (Å²) in [5.74, 6) is 0.353. The summed E-state index contributed by atoms with van der Waals surface area (Å²) < 4.78 is 1.92. The Kier molecular flexibility index (Phi) is 4.23. The predicted molar refractivity (Wildman–Crippen MR) is 104 cm³/mol. The molecule has 0 amide bonds. The summed E-state index contributed by atoms with van der Waals surface area (Å²) in [5.41, 5.74) is 3.33. The zero-order chi connectivity index (χ0) is 17.6. The van der Waals surface area contributed by atoms with E-state index in [4.69, 9.17) is 23.2 Å². The Hall–Kier alpha value is -1.95. The van der Waals surface area contributed by atoms with Gasteiger partial charge in [0.1, 0.15) is 0 Å². The zero-order valence-electron chi connectivity index (χ0n) is 13.2. The Labute approximate surface area is 158 Å². The number of fused-ring (bicyclic) bond motifs is 2. The highest BCUT2D eigenvalue weighted by atomic mass is 35.5. The first kappa shape index (κ1) is 16.5. The number of hydrogen-bond acceptors (Lipinski definition) is 3. The normalized spacial score (nSPS) is 11.5. The fraction of sp³-hybridized carbons (Fsp3) is 0.111. The first-order valence-corrected chi connectivity index (χ1v) is 9.31. The van der Waals surface area contributed by atoms with Gasteiger partial charge < -0.3 is 9.55 Å². The number of ketones is 1. The van der Waals surface area contributed by atoms with Gasteiger partial charge >= 0.3 is 0 Å². The number of H-pyrrole nitrogens is 1. The molecule has 25 heavy (non-hydrogen) atoms. The van der Waals surface area contributed by atoms with Crippen molar-refractivity contribution in [2.24, 2.45) is 7.05 Å². The van der Waals surface area contributed by atoms with Crippen LogP contribution in [0.15, 0.2) is 47.8 Å². The maximum absolute atomic E-state index is 12.7. The number of aryl methyl sites for hydroxylation is 1. The number of nitrogens with one attached hydrogen (secondary N) is 1. The fourth-order valence-corrected chi connectivity index (χ4v) is 3.92. The van der Waals surface area contributed by atoms with Crippen molar-refractivity contribution in [3.63, 3.8) is 0 Å². The fourth-order valence-electron chi connectivity index (χ4n) is 2.81. The van der Waals surface area contributed by atoms with Crippen molar-refractivity contribution in [1.82, 2.24) is 14.5 Å². The number of rotatable bonds is 4. The molecule has 2 aromatic carbocycles. The van der Waals surface area contributed by atoms with Gasteiger partial charge in [-0.05, 0) is 30.3 Å². The summed E-state index contributed by atoms with van der Waals surface area (Å²) in [7, 11) is 1.91. The molecule has 0 atom stereocenters. The van der Waals surface area contributed by atoms with Crippen molar-refractivity contribution < 1.29 is 4.79 Å². The molecule has 0 aliphatic rings. The molecule has 0 saturated carbocycles. The Morgan fingerprint density at radius 2 is 1.96 bits per heavy atom. The topological polar surface area (TPSA) is 50.7 Å². The zero-order valence-corrected chi connectivity index (χ0v) is 15.5. The standard InChI is InChI=1S/C18H13Cl2N3OS/c1-23-8-13(12-4-2-11(20)7-16(12)23)17(24)9-25-18-21-14-5-3-10(19)6-15(14)22-18/h2-8H,9H2,1H3,(H,21,22). The molecule has 2 aromatic heterocycles. The lowest BCUT2D eigenvalue weighted by Gasteiger charge is -1.98. The molecular weight excluding hydrogens is 377 g/mol. The third-order valence-corrected chi connectivity index (χ3v) is 5.36. The molecule has 4 rings (SSSR count). The van der Waals surface area contributed by atoms with Crippen LogP contribution >= 0.6 is 35.0 Å². The summed E-state index contributed by atoms with van der Waals surface area (Å²) in [4.78, 5) is 20.3. The second-order valence-corrected chi connectivity index (χ2v) is 7.57. The second-order valence-electron chi connectivity index (χ2n) is 5.73. The lowest BCUT2D eigenvalue weighted by molar-refractivity contribution is 0.102. The van der Waals surface area contributed by atoms with Gasteiger partial charge in [-0.3, -0.25) is 4.79 Å². The number of halogens is 2. The number of nitrogens with zero attached hydrogens (tertiary/aromatic N) is 2. The molecule has 0 radical (unpaired) electrons. The minimum atomic E-state index is 0.0522. The van der Waals surface area contributed by atoms with Crippen molar-refractivity contribution >= 4 is 62.7 Å².